The zero-order valence-corrected chi connectivity index (χ0v) is 19.5. The summed E-state index contributed by atoms with van der Waals surface area (Å²) >= 11 is 0. The van der Waals surface area contributed by atoms with Gasteiger partial charge in [0.2, 0.25) is 0 Å². The van der Waals surface area contributed by atoms with Gasteiger partial charge in [-0.2, -0.15) is 8.78 Å². The number of benzene rings is 1. The lowest BCUT2D eigenvalue weighted by atomic mass is 10.2. The highest BCUT2D eigenvalue weighted by molar-refractivity contribution is 5.90. The molecule has 1 fully saturated rings. The Morgan fingerprint density at radius 2 is 2.03 bits per heavy atom. The number of hydrogen-bond donors (Lipinski definition) is 1. The molecule has 1 aromatic carbocycles. The zero-order valence-electron chi connectivity index (χ0n) is 19.5. The number of anilines is 2. The number of nitrogens with one attached hydrogen (secondary N) is 1. The number of cyclic esters (lactones) is 1. The van der Waals surface area contributed by atoms with E-state index in [1.165, 1.54) is 34.1 Å². The standard InChI is InChI=1S/C22H24F3N7O4/c1-3-30(8-9-32-19-17(21(34)29(32)2)26-6-7-27-19)16-5-4-13(10-15(16)23)31-12-14(36-22(31)35)11-28-20(33)18(24)25/h4-7,10,14,18H,3,8-9,11-12H2,1-2H3,(H,28,33)/t14-/m0/s1. The molecule has 1 aliphatic rings. The van der Waals surface area contributed by atoms with Gasteiger partial charge in [-0.25, -0.2) is 23.8 Å². The van der Waals surface area contributed by atoms with Gasteiger partial charge >= 0.3 is 12.5 Å². The highest BCUT2D eigenvalue weighted by Gasteiger charge is 2.33. The Bertz CT molecular complexity index is 1340. The number of fused-ring (bicyclic) bond motifs is 1. The van der Waals surface area contributed by atoms with Gasteiger partial charge in [-0.1, -0.05) is 0 Å². The molecule has 0 unspecified atom stereocenters. The molecule has 192 valence electrons. The lowest BCUT2D eigenvalue weighted by Gasteiger charge is -2.25. The molecule has 0 radical (unpaired) electrons. The first-order valence-corrected chi connectivity index (χ1v) is 11.2. The van der Waals surface area contributed by atoms with Crippen LogP contribution in [0.1, 0.15) is 6.92 Å². The van der Waals surface area contributed by atoms with Gasteiger partial charge < -0.3 is 15.0 Å². The van der Waals surface area contributed by atoms with Crippen molar-refractivity contribution in [1.82, 2.24) is 24.6 Å². The van der Waals surface area contributed by atoms with E-state index >= 15 is 4.39 Å². The maximum Gasteiger partial charge on any atom is 0.414 e. The van der Waals surface area contributed by atoms with E-state index < -0.39 is 30.3 Å². The van der Waals surface area contributed by atoms with E-state index in [1.54, 1.807) is 22.7 Å². The molecule has 1 atom stereocenters. The Hall–Kier alpha value is -4.10. The van der Waals surface area contributed by atoms with Crippen molar-refractivity contribution in [3.05, 3.63) is 46.8 Å². The van der Waals surface area contributed by atoms with Crippen LogP contribution < -0.4 is 20.7 Å². The summed E-state index contributed by atoms with van der Waals surface area (Å²) in [4.78, 5) is 46.9. The van der Waals surface area contributed by atoms with Gasteiger partial charge in [0.05, 0.1) is 31.0 Å². The minimum absolute atomic E-state index is 0.0333. The highest BCUT2D eigenvalue weighted by atomic mass is 19.3. The maximum absolute atomic E-state index is 15.1. The first-order valence-electron chi connectivity index (χ1n) is 11.2. The second-order valence-corrected chi connectivity index (χ2v) is 8.06. The topological polar surface area (TPSA) is 115 Å². The summed E-state index contributed by atoms with van der Waals surface area (Å²) in [5.74, 6) is -2.04. The number of alkyl halides is 2. The number of nitrogens with zero attached hydrogens (tertiary/aromatic N) is 6. The largest absolute Gasteiger partial charge is 0.442 e. The van der Waals surface area contributed by atoms with Crippen molar-refractivity contribution in [2.45, 2.75) is 26.0 Å². The van der Waals surface area contributed by atoms with E-state index in [0.717, 1.165) is 0 Å². The second-order valence-electron chi connectivity index (χ2n) is 8.06. The summed E-state index contributed by atoms with van der Waals surface area (Å²) in [6.45, 7) is 2.71. The van der Waals surface area contributed by atoms with Crippen LogP contribution in [0.3, 0.4) is 0 Å². The lowest BCUT2D eigenvalue weighted by Crippen LogP contribution is -2.37. The van der Waals surface area contributed by atoms with Crippen molar-refractivity contribution in [2.24, 2.45) is 7.05 Å². The van der Waals surface area contributed by atoms with Gasteiger partial charge in [-0.3, -0.25) is 19.2 Å². The molecule has 1 saturated heterocycles. The molecule has 36 heavy (non-hydrogen) atoms. The molecule has 14 heteroatoms. The molecule has 1 aliphatic heterocycles. The minimum Gasteiger partial charge on any atom is -0.442 e. The van der Waals surface area contributed by atoms with E-state index in [4.69, 9.17) is 4.74 Å². The molecule has 0 spiro atoms. The molecule has 3 heterocycles. The van der Waals surface area contributed by atoms with Crippen molar-refractivity contribution in [1.29, 1.82) is 0 Å². The summed E-state index contributed by atoms with van der Waals surface area (Å²) in [5, 5.41) is 2.00. The van der Waals surface area contributed by atoms with Crippen LogP contribution in [0.5, 0.6) is 0 Å². The number of likely N-dealkylation sites (N-methyl/N-ethyl adjacent to an activating group) is 1. The number of hydrogen-bond acceptors (Lipinski definition) is 7. The lowest BCUT2D eigenvalue weighted by molar-refractivity contribution is -0.132. The third kappa shape index (κ3) is 4.83. The van der Waals surface area contributed by atoms with Crippen molar-refractivity contribution < 1.29 is 27.5 Å². The molecule has 3 aromatic rings. The van der Waals surface area contributed by atoms with Crippen molar-refractivity contribution in [3.8, 4) is 0 Å². The normalized spacial score (nSPS) is 15.6. The number of rotatable bonds is 9. The third-order valence-electron chi connectivity index (χ3n) is 5.91. The molecule has 0 bridgehead atoms. The minimum atomic E-state index is -3.17. The van der Waals surface area contributed by atoms with Gasteiger partial charge in [0.25, 0.3) is 11.5 Å². The number of amides is 2. The van der Waals surface area contributed by atoms with Crippen LogP contribution in [0.15, 0.2) is 35.4 Å². The SMILES string of the molecule is CCN(CCn1c2nccnc2c(=O)n1C)c1ccc(N2C[C@H](CNC(=O)C(F)F)OC2=O)cc1F. The molecule has 0 aliphatic carbocycles. The average molecular weight is 507 g/mol. The first-order chi connectivity index (χ1) is 17.2. The Morgan fingerprint density at radius 3 is 2.72 bits per heavy atom. The van der Waals surface area contributed by atoms with Gasteiger partial charge in [-0.15, -0.1) is 0 Å². The van der Waals surface area contributed by atoms with Gasteiger partial charge in [0, 0.05) is 32.5 Å². The highest BCUT2D eigenvalue weighted by Crippen LogP contribution is 2.28. The van der Waals surface area contributed by atoms with Crippen LogP contribution in [0.2, 0.25) is 0 Å². The van der Waals surface area contributed by atoms with Crippen LogP contribution in [0.4, 0.5) is 29.3 Å². The van der Waals surface area contributed by atoms with Crippen LogP contribution in [0, 0.1) is 5.82 Å². The fourth-order valence-corrected chi connectivity index (χ4v) is 4.05. The summed E-state index contributed by atoms with van der Waals surface area (Å²) in [7, 11) is 1.61. The number of ether oxygens (including phenoxy) is 1. The molecule has 11 nitrogen and oxygen atoms in total. The number of halogens is 3. The summed E-state index contributed by atoms with van der Waals surface area (Å²) in [5.41, 5.74) is 0.935. The number of carbonyl (C=O) groups excluding carboxylic acids is 2. The third-order valence-corrected chi connectivity index (χ3v) is 5.91. The molecular formula is C22H24F3N7O4. The van der Waals surface area contributed by atoms with E-state index in [-0.39, 0.29) is 29.9 Å². The summed E-state index contributed by atoms with van der Waals surface area (Å²) < 4.78 is 48.0. The Kier molecular flexibility index (Phi) is 7.12. The van der Waals surface area contributed by atoms with Crippen LogP contribution in [-0.2, 0) is 23.1 Å². The first kappa shape index (κ1) is 25.0. The van der Waals surface area contributed by atoms with Crippen LogP contribution in [-0.4, -0.2) is 70.0 Å². The van der Waals surface area contributed by atoms with E-state index in [2.05, 4.69) is 9.97 Å². The predicted molar refractivity (Wildman–Crippen MR) is 124 cm³/mol. The van der Waals surface area contributed by atoms with Crippen LogP contribution >= 0.6 is 0 Å². The predicted octanol–water partition coefficient (Wildman–Crippen LogP) is 1.50. The fraction of sp³-hybridized carbons (Fsp3) is 0.409. The fourth-order valence-electron chi connectivity index (χ4n) is 4.05. The number of carbonyl (C=O) groups is 2. The van der Waals surface area contributed by atoms with Crippen molar-refractivity contribution >= 4 is 34.5 Å². The van der Waals surface area contributed by atoms with Crippen molar-refractivity contribution in [3.63, 3.8) is 0 Å². The molecule has 1 N–H and O–H groups in total. The Balaban J connectivity index is 1.45. The molecule has 0 saturated carbocycles. The Labute approximate surface area is 203 Å². The van der Waals surface area contributed by atoms with Crippen molar-refractivity contribution in [2.75, 3.05) is 36.0 Å². The van der Waals surface area contributed by atoms with Crippen LogP contribution in [0.25, 0.3) is 11.2 Å². The van der Waals surface area contributed by atoms with E-state index in [0.29, 0.717) is 31.0 Å². The monoisotopic (exact) mass is 507 g/mol. The van der Waals surface area contributed by atoms with E-state index in [9.17, 15) is 23.2 Å². The summed E-state index contributed by atoms with van der Waals surface area (Å²) in [6.07, 6.45) is -1.85. The smallest absolute Gasteiger partial charge is 0.414 e. The molecule has 2 amide bonds. The summed E-state index contributed by atoms with van der Waals surface area (Å²) in [6, 6.07) is 4.26. The molecular weight excluding hydrogens is 483 g/mol. The molecule has 2 aromatic heterocycles. The maximum atomic E-state index is 15.1. The quantitative estimate of drug-likeness (QED) is 0.467. The van der Waals surface area contributed by atoms with E-state index in [1.807, 2.05) is 12.2 Å². The van der Waals surface area contributed by atoms with Gasteiger partial charge in [0.15, 0.2) is 11.2 Å². The molecule has 4 rings (SSSR count). The number of aromatic nitrogens is 4. The zero-order chi connectivity index (χ0) is 26.0. The average Bonchev–Trinajstić information content (AvgIpc) is 3.35. The van der Waals surface area contributed by atoms with Gasteiger partial charge in [-0.05, 0) is 25.1 Å². The Morgan fingerprint density at radius 1 is 1.28 bits per heavy atom. The van der Waals surface area contributed by atoms with Gasteiger partial charge in [0.1, 0.15) is 11.9 Å². The second kappa shape index (κ2) is 10.3.